The number of unbranched alkanes of at least 4 members (excludes halogenated alkanes) is 1. The third-order valence-electron chi connectivity index (χ3n) is 2.36. The van der Waals surface area contributed by atoms with Crippen LogP contribution in [0.1, 0.15) is 40.5 Å². The van der Waals surface area contributed by atoms with Crippen LogP contribution in [0.4, 0.5) is 0 Å². The second-order valence-electron chi connectivity index (χ2n) is 5.52. The Kier molecular flexibility index (Phi) is 9.83. The summed E-state index contributed by atoms with van der Waals surface area (Å²) in [6, 6.07) is -0.270. The van der Waals surface area contributed by atoms with Crippen LogP contribution in [0.5, 0.6) is 0 Å². The third-order valence-corrected chi connectivity index (χ3v) is 2.36. The molecule has 1 unspecified atom stereocenters. The summed E-state index contributed by atoms with van der Waals surface area (Å²) < 4.78 is 15.5. The van der Waals surface area contributed by atoms with Gasteiger partial charge in [0.2, 0.25) is 0 Å². The Balaban J connectivity index is 3.48. The van der Waals surface area contributed by atoms with Crippen LogP contribution < -0.4 is 5.32 Å². The van der Waals surface area contributed by atoms with Crippen LogP contribution in [0, 0.1) is 0 Å². The molecule has 0 bridgehead atoms. The Morgan fingerprint density at radius 3 is 2.42 bits per heavy atom. The maximum absolute atomic E-state index is 11.7. The van der Waals surface area contributed by atoms with E-state index < -0.39 is 5.60 Å². The zero-order valence-electron chi connectivity index (χ0n) is 13.0. The lowest BCUT2D eigenvalue weighted by molar-refractivity contribution is -0.156. The van der Waals surface area contributed by atoms with Gasteiger partial charge in [0, 0.05) is 13.7 Å². The zero-order chi connectivity index (χ0) is 14.7. The van der Waals surface area contributed by atoms with Gasteiger partial charge in [0.15, 0.2) is 0 Å². The molecule has 1 N–H and O–H groups in total. The molecule has 0 aromatic rings. The fourth-order valence-corrected chi connectivity index (χ4v) is 1.37. The van der Waals surface area contributed by atoms with Gasteiger partial charge >= 0.3 is 5.97 Å². The van der Waals surface area contributed by atoms with Gasteiger partial charge in [-0.3, -0.25) is 4.79 Å². The molecule has 0 saturated heterocycles. The van der Waals surface area contributed by atoms with Crippen molar-refractivity contribution < 1.29 is 19.0 Å². The number of rotatable bonds is 10. The van der Waals surface area contributed by atoms with Crippen LogP contribution in [-0.4, -0.2) is 51.1 Å². The van der Waals surface area contributed by atoms with Crippen molar-refractivity contribution in [1.82, 2.24) is 5.32 Å². The molecule has 1 atom stereocenters. The number of carbonyl (C=O) groups is 1. The van der Waals surface area contributed by atoms with E-state index in [0.29, 0.717) is 13.2 Å². The summed E-state index contributed by atoms with van der Waals surface area (Å²) in [4.78, 5) is 11.7. The van der Waals surface area contributed by atoms with Crippen molar-refractivity contribution in [3.63, 3.8) is 0 Å². The molecule has 114 valence electrons. The number of esters is 1. The molecule has 0 aliphatic rings. The van der Waals surface area contributed by atoms with Crippen molar-refractivity contribution in [2.24, 2.45) is 0 Å². The Hall–Kier alpha value is -0.650. The van der Waals surface area contributed by atoms with Crippen LogP contribution in [0.25, 0.3) is 0 Å². The molecular weight excluding hydrogens is 246 g/mol. The van der Waals surface area contributed by atoms with E-state index in [2.05, 4.69) is 5.32 Å². The van der Waals surface area contributed by atoms with Gasteiger partial charge in [-0.25, -0.2) is 0 Å². The summed E-state index contributed by atoms with van der Waals surface area (Å²) in [5.41, 5.74) is -0.428. The maximum atomic E-state index is 11.7. The van der Waals surface area contributed by atoms with Crippen LogP contribution in [0.2, 0.25) is 0 Å². The molecule has 0 rings (SSSR count). The number of nitrogens with one attached hydrogen (secondary N) is 1. The van der Waals surface area contributed by atoms with E-state index in [0.717, 1.165) is 26.0 Å². The summed E-state index contributed by atoms with van der Waals surface area (Å²) >= 11 is 0. The summed E-state index contributed by atoms with van der Waals surface area (Å²) in [5.74, 6) is -0.205. The van der Waals surface area contributed by atoms with Gasteiger partial charge < -0.3 is 19.5 Å². The highest BCUT2D eigenvalue weighted by Crippen LogP contribution is 2.08. The van der Waals surface area contributed by atoms with Crippen molar-refractivity contribution in [3.8, 4) is 0 Å². The number of hydrogen-bond donors (Lipinski definition) is 1. The molecule has 0 aliphatic heterocycles. The largest absolute Gasteiger partial charge is 0.459 e. The van der Waals surface area contributed by atoms with Crippen LogP contribution in [0.15, 0.2) is 0 Å². The molecule has 0 spiro atoms. The number of hydrogen-bond acceptors (Lipinski definition) is 5. The van der Waals surface area contributed by atoms with Gasteiger partial charge in [0.25, 0.3) is 0 Å². The van der Waals surface area contributed by atoms with E-state index in [1.54, 1.807) is 7.11 Å². The Labute approximate surface area is 117 Å². The van der Waals surface area contributed by atoms with Gasteiger partial charge in [-0.2, -0.15) is 0 Å². The lowest BCUT2D eigenvalue weighted by Gasteiger charge is -2.22. The highest BCUT2D eigenvalue weighted by atomic mass is 16.6. The van der Waals surface area contributed by atoms with E-state index in [4.69, 9.17) is 14.2 Å². The first kappa shape index (κ1) is 18.4. The van der Waals surface area contributed by atoms with E-state index in [1.807, 2.05) is 27.7 Å². The second kappa shape index (κ2) is 10.2. The molecule has 0 aromatic carbocycles. The van der Waals surface area contributed by atoms with E-state index in [9.17, 15) is 4.79 Å². The average molecular weight is 275 g/mol. The van der Waals surface area contributed by atoms with Gasteiger partial charge in [-0.05, 0) is 47.1 Å². The molecule has 5 heteroatoms. The molecule has 0 saturated carbocycles. The molecule has 0 fully saturated rings. The second-order valence-corrected chi connectivity index (χ2v) is 5.52. The first-order valence-corrected chi connectivity index (χ1v) is 6.89. The van der Waals surface area contributed by atoms with Gasteiger partial charge in [-0.1, -0.05) is 0 Å². The van der Waals surface area contributed by atoms with Crippen molar-refractivity contribution in [2.45, 2.75) is 52.2 Å². The number of ether oxygens (including phenoxy) is 3. The lowest BCUT2D eigenvalue weighted by Crippen LogP contribution is -2.39. The molecule has 0 amide bonds. The highest BCUT2D eigenvalue weighted by molar-refractivity contribution is 5.75. The molecule has 0 radical (unpaired) electrons. The predicted molar refractivity (Wildman–Crippen MR) is 75.2 cm³/mol. The van der Waals surface area contributed by atoms with Crippen molar-refractivity contribution in [3.05, 3.63) is 0 Å². The minimum atomic E-state index is -0.428. The smallest absolute Gasteiger partial charge is 0.323 e. The predicted octanol–water partition coefficient (Wildman–Crippen LogP) is 1.75. The van der Waals surface area contributed by atoms with Gasteiger partial charge in [0.1, 0.15) is 11.6 Å². The topological polar surface area (TPSA) is 56.8 Å². The van der Waals surface area contributed by atoms with E-state index >= 15 is 0 Å². The zero-order valence-corrected chi connectivity index (χ0v) is 13.0. The average Bonchev–Trinajstić information content (AvgIpc) is 2.30. The summed E-state index contributed by atoms with van der Waals surface area (Å²) in [6.45, 7) is 10.2. The monoisotopic (exact) mass is 275 g/mol. The van der Waals surface area contributed by atoms with Crippen molar-refractivity contribution in [2.75, 3.05) is 33.5 Å². The summed E-state index contributed by atoms with van der Waals surface area (Å²) in [7, 11) is 1.66. The highest BCUT2D eigenvalue weighted by Gasteiger charge is 2.20. The Morgan fingerprint density at radius 1 is 1.16 bits per heavy atom. The molecule has 0 aromatic heterocycles. The summed E-state index contributed by atoms with van der Waals surface area (Å²) in [6.07, 6.45) is 1.94. The number of carbonyl (C=O) groups excluding carboxylic acids is 1. The normalized spacial score (nSPS) is 13.3. The molecular formula is C14H29NO4. The minimum absolute atomic E-state index is 0.205. The SMILES string of the molecule is COCCOCCCCNC(C)C(=O)OC(C)(C)C. The molecule has 0 heterocycles. The van der Waals surface area contributed by atoms with E-state index in [1.165, 1.54) is 0 Å². The quantitative estimate of drug-likeness (QED) is 0.486. The molecule has 0 aliphatic carbocycles. The molecule has 5 nitrogen and oxygen atoms in total. The Bertz CT molecular complexity index is 238. The van der Waals surface area contributed by atoms with Crippen LogP contribution in [-0.2, 0) is 19.0 Å². The lowest BCUT2D eigenvalue weighted by atomic mass is 10.2. The van der Waals surface area contributed by atoms with Crippen LogP contribution >= 0.6 is 0 Å². The fraction of sp³-hybridized carbons (Fsp3) is 0.929. The van der Waals surface area contributed by atoms with E-state index in [-0.39, 0.29) is 12.0 Å². The van der Waals surface area contributed by atoms with Crippen molar-refractivity contribution >= 4 is 5.97 Å². The standard InChI is InChI=1S/C14H29NO4/c1-12(13(16)19-14(2,3)4)15-8-6-7-9-18-11-10-17-5/h12,15H,6-11H2,1-5H3. The van der Waals surface area contributed by atoms with Crippen molar-refractivity contribution in [1.29, 1.82) is 0 Å². The van der Waals surface area contributed by atoms with Gasteiger partial charge in [0.05, 0.1) is 13.2 Å². The van der Waals surface area contributed by atoms with Crippen LogP contribution in [0.3, 0.4) is 0 Å². The van der Waals surface area contributed by atoms with Gasteiger partial charge in [-0.15, -0.1) is 0 Å². The first-order valence-electron chi connectivity index (χ1n) is 6.89. The fourth-order valence-electron chi connectivity index (χ4n) is 1.37. The Morgan fingerprint density at radius 2 is 1.84 bits per heavy atom. The minimum Gasteiger partial charge on any atom is -0.459 e. The first-order chi connectivity index (χ1) is 8.87. The third kappa shape index (κ3) is 12.1. The number of methoxy groups -OCH3 is 1. The molecule has 19 heavy (non-hydrogen) atoms. The maximum Gasteiger partial charge on any atom is 0.323 e. The summed E-state index contributed by atoms with van der Waals surface area (Å²) in [5, 5.41) is 3.15.